The van der Waals surface area contributed by atoms with Crippen molar-refractivity contribution in [2.45, 2.75) is 13.5 Å². The summed E-state index contributed by atoms with van der Waals surface area (Å²) in [5, 5.41) is 12.7. The molecule has 0 aliphatic heterocycles. The third kappa shape index (κ3) is 4.54. The van der Waals surface area contributed by atoms with Gasteiger partial charge >= 0.3 is 5.97 Å². The maximum atomic E-state index is 10.8. The van der Waals surface area contributed by atoms with E-state index in [1.54, 1.807) is 18.3 Å². The topological polar surface area (TPSA) is 84.9 Å². The average Bonchev–Trinajstić information content (AvgIpc) is 3.05. The second-order valence-corrected chi connectivity index (χ2v) is 5.40. The Morgan fingerprint density at radius 1 is 1.20 bits per heavy atom. The normalized spacial score (nSPS) is 10.9. The predicted molar refractivity (Wildman–Crippen MR) is 92.7 cm³/mol. The molecule has 1 aromatic heterocycles. The van der Waals surface area contributed by atoms with Gasteiger partial charge in [-0.3, -0.25) is 4.99 Å². The van der Waals surface area contributed by atoms with Crippen LogP contribution in [-0.2, 0) is 6.61 Å². The summed E-state index contributed by atoms with van der Waals surface area (Å²) < 4.78 is 10.7. The van der Waals surface area contributed by atoms with Gasteiger partial charge in [-0.25, -0.2) is 4.79 Å². The molecule has 1 heterocycles. The Morgan fingerprint density at radius 2 is 1.92 bits per heavy atom. The molecule has 3 rings (SSSR count). The number of aromatic nitrogens is 1. The van der Waals surface area contributed by atoms with Crippen LogP contribution in [0, 0.1) is 6.92 Å². The second kappa shape index (κ2) is 7.44. The minimum atomic E-state index is -0.952. The molecule has 25 heavy (non-hydrogen) atoms. The molecular weight excluding hydrogens is 320 g/mol. The predicted octanol–water partition coefficient (Wildman–Crippen LogP) is 4.01. The quantitative estimate of drug-likeness (QED) is 0.687. The molecule has 0 aliphatic rings. The molecule has 0 saturated heterocycles. The average molecular weight is 336 g/mol. The van der Waals surface area contributed by atoms with Crippen LogP contribution < -0.4 is 4.74 Å². The van der Waals surface area contributed by atoms with E-state index in [2.05, 4.69) is 10.1 Å². The Labute approximate surface area is 144 Å². The number of benzene rings is 2. The third-order valence-electron chi connectivity index (χ3n) is 3.41. The maximum absolute atomic E-state index is 10.8. The zero-order chi connectivity index (χ0) is 17.6. The van der Waals surface area contributed by atoms with Crippen molar-refractivity contribution in [1.82, 2.24) is 5.16 Å². The van der Waals surface area contributed by atoms with Gasteiger partial charge in [0.1, 0.15) is 12.4 Å². The fraction of sp³-hybridized carbons (Fsp3) is 0.105. The van der Waals surface area contributed by atoms with Crippen molar-refractivity contribution in [2.24, 2.45) is 4.99 Å². The summed E-state index contributed by atoms with van der Waals surface area (Å²) in [6, 6.07) is 15.7. The van der Waals surface area contributed by atoms with Gasteiger partial charge in [0.15, 0.2) is 5.76 Å². The molecule has 6 heteroatoms. The van der Waals surface area contributed by atoms with Crippen molar-refractivity contribution < 1.29 is 19.2 Å². The van der Waals surface area contributed by atoms with Gasteiger partial charge in [-0.2, -0.15) is 0 Å². The molecule has 6 nitrogen and oxygen atoms in total. The number of aromatic carboxylic acids is 1. The minimum Gasteiger partial charge on any atom is -0.486 e. The Morgan fingerprint density at radius 3 is 2.52 bits per heavy atom. The van der Waals surface area contributed by atoms with Gasteiger partial charge < -0.3 is 14.4 Å². The first-order chi connectivity index (χ1) is 12.1. The lowest BCUT2D eigenvalue weighted by molar-refractivity contribution is 0.0697. The van der Waals surface area contributed by atoms with Crippen molar-refractivity contribution in [3.05, 3.63) is 77.2 Å². The number of hydrogen-bond acceptors (Lipinski definition) is 5. The molecule has 0 saturated carbocycles. The van der Waals surface area contributed by atoms with E-state index in [9.17, 15) is 4.79 Å². The van der Waals surface area contributed by atoms with Gasteiger partial charge in [0.2, 0.25) is 0 Å². The fourth-order valence-electron chi connectivity index (χ4n) is 2.13. The molecule has 3 aromatic rings. The molecule has 0 aliphatic carbocycles. The van der Waals surface area contributed by atoms with Crippen molar-refractivity contribution in [3.8, 4) is 5.75 Å². The number of aliphatic imine (C=N–C) groups is 1. The van der Waals surface area contributed by atoms with Crippen LogP contribution in [0.3, 0.4) is 0 Å². The standard InChI is InChI=1S/C19H16N2O4/c1-13-10-18(25-21-13)12-24-17-8-2-14(3-9-17)11-20-16-6-4-15(5-7-16)19(22)23/h2-11H,12H2,1H3,(H,22,23). The van der Waals surface area contributed by atoms with E-state index in [4.69, 9.17) is 14.4 Å². The van der Waals surface area contributed by atoms with Gasteiger partial charge in [0.05, 0.1) is 16.9 Å². The molecular formula is C19H16N2O4. The second-order valence-electron chi connectivity index (χ2n) is 5.40. The van der Waals surface area contributed by atoms with E-state index in [-0.39, 0.29) is 5.56 Å². The summed E-state index contributed by atoms with van der Waals surface area (Å²) in [5.74, 6) is 0.441. The number of nitrogens with zero attached hydrogens (tertiary/aromatic N) is 2. The van der Waals surface area contributed by atoms with Gasteiger partial charge in [-0.15, -0.1) is 0 Å². The molecule has 0 bridgehead atoms. The maximum Gasteiger partial charge on any atom is 0.335 e. The van der Waals surface area contributed by atoms with Crippen molar-refractivity contribution >= 4 is 17.9 Å². The first-order valence-corrected chi connectivity index (χ1v) is 7.62. The van der Waals surface area contributed by atoms with E-state index in [1.807, 2.05) is 37.3 Å². The summed E-state index contributed by atoms with van der Waals surface area (Å²) in [5.41, 5.74) is 2.65. The highest BCUT2D eigenvalue weighted by Gasteiger charge is 2.02. The highest BCUT2D eigenvalue weighted by molar-refractivity contribution is 5.88. The monoisotopic (exact) mass is 336 g/mol. The highest BCUT2D eigenvalue weighted by atomic mass is 16.5. The van der Waals surface area contributed by atoms with E-state index in [0.29, 0.717) is 18.1 Å². The van der Waals surface area contributed by atoms with Crippen LogP contribution >= 0.6 is 0 Å². The lowest BCUT2D eigenvalue weighted by Crippen LogP contribution is -1.94. The van der Waals surface area contributed by atoms with Crippen LogP contribution in [0.15, 0.2) is 64.1 Å². The summed E-state index contributed by atoms with van der Waals surface area (Å²) in [4.78, 5) is 15.1. The Bertz CT molecular complexity index is 881. The number of hydrogen-bond donors (Lipinski definition) is 1. The fourth-order valence-corrected chi connectivity index (χ4v) is 2.13. The van der Waals surface area contributed by atoms with E-state index >= 15 is 0 Å². The lowest BCUT2D eigenvalue weighted by atomic mass is 10.2. The smallest absolute Gasteiger partial charge is 0.335 e. The molecule has 0 fully saturated rings. The van der Waals surface area contributed by atoms with Gasteiger partial charge in [-0.1, -0.05) is 5.16 Å². The molecule has 0 spiro atoms. The number of carboxylic acid groups (broad SMARTS) is 1. The lowest BCUT2D eigenvalue weighted by Gasteiger charge is -2.03. The zero-order valence-corrected chi connectivity index (χ0v) is 13.5. The van der Waals surface area contributed by atoms with Crippen molar-refractivity contribution in [2.75, 3.05) is 0 Å². The number of aryl methyl sites for hydroxylation is 1. The summed E-state index contributed by atoms with van der Waals surface area (Å²) in [6.45, 7) is 2.18. The largest absolute Gasteiger partial charge is 0.486 e. The number of rotatable bonds is 6. The van der Waals surface area contributed by atoms with Gasteiger partial charge in [0.25, 0.3) is 0 Å². The van der Waals surface area contributed by atoms with E-state index in [0.717, 1.165) is 17.0 Å². The SMILES string of the molecule is Cc1cc(COc2ccc(C=Nc3ccc(C(=O)O)cc3)cc2)on1. The van der Waals surface area contributed by atoms with Crippen LogP contribution in [0.4, 0.5) is 5.69 Å². The van der Waals surface area contributed by atoms with Crippen LogP contribution in [0.1, 0.15) is 27.4 Å². The molecule has 0 amide bonds. The van der Waals surface area contributed by atoms with Crippen LogP contribution in [0.2, 0.25) is 0 Å². The molecule has 126 valence electrons. The number of carbonyl (C=O) groups is 1. The first kappa shape index (κ1) is 16.4. The zero-order valence-electron chi connectivity index (χ0n) is 13.5. The molecule has 0 atom stereocenters. The van der Waals surface area contributed by atoms with Crippen molar-refractivity contribution in [1.29, 1.82) is 0 Å². The van der Waals surface area contributed by atoms with Crippen molar-refractivity contribution in [3.63, 3.8) is 0 Å². The number of ether oxygens (including phenoxy) is 1. The summed E-state index contributed by atoms with van der Waals surface area (Å²) in [6.07, 6.45) is 1.71. The molecule has 0 unspecified atom stereocenters. The Balaban J connectivity index is 1.59. The third-order valence-corrected chi connectivity index (χ3v) is 3.41. The Kier molecular flexibility index (Phi) is 4.89. The summed E-state index contributed by atoms with van der Waals surface area (Å²) >= 11 is 0. The highest BCUT2D eigenvalue weighted by Crippen LogP contribution is 2.16. The van der Waals surface area contributed by atoms with Crippen LogP contribution in [-0.4, -0.2) is 22.4 Å². The summed E-state index contributed by atoms with van der Waals surface area (Å²) in [7, 11) is 0. The molecule has 1 N–H and O–H groups in total. The van der Waals surface area contributed by atoms with Gasteiger partial charge in [-0.05, 0) is 61.0 Å². The Hall–Kier alpha value is -3.41. The first-order valence-electron chi connectivity index (χ1n) is 7.62. The molecule has 2 aromatic carbocycles. The van der Waals surface area contributed by atoms with Crippen LogP contribution in [0.25, 0.3) is 0 Å². The van der Waals surface area contributed by atoms with Gasteiger partial charge in [0, 0.05) is 12.3 Å². The minimum absolute atomic E-state index is 0.238. The number of carboxylic acids is 1. The molecule has 0 radical (unpaired) electrons. The van der Waals surface area contributed by atoms with Crippen LogP contribution in [0.5, 0.6) is 5.75 Å². The van der Waals surface area contributed by atoms with E-state index < -0.39 is 5.97 Å². The van der Waals surface area contributed by atoms with E-state index in [1.165, 1.54) is 12.1 Å².